The van der Waals surface area contributed by atoms with Gasteiger partial charge in [-0.1, -0.05) is 13.8 Å². The lowest BCUT2D eigenvalue weighted by Gasteiger charge is -2.52. The maximum absolute atomic E-state index is 6.36. The highest BCUT2D eigenvalue weighted by molar-refractivity contribution is 6.21. The number of rotatable bonds is 7. The molecule has 1 rings (SSSR count). The van der Waals surface area contributed by atoms with Crippen LogP contribution in [0, 0.1) is 5.41 Å². The molecule has 0 amide bonds. The molecule has 0 aliphatic heterocycles. The molecule has 1 aliphatic carbocycles. The van der Waals surface area contributed by atoms with Gasteiger partial charge in [0.05, 0.1) is 11.7 Å². The quantitative estimate of drug-likeness (QED) is 0.646. The van der Waals surface area contributed by atoms with E-state index in [9.17, 15) is 0 Å². The van der Waals surface area contributed by atoms with Gasteiger partial charge in [-0.3, -0.25) is 0 Å². The third kappa shape index (κ3) is 3.15. The van der Waals surface area contributed by atoms with E-state index in [1.807, 2.05) is 0 Å². The number of alkyl halides is 1. The van der Waals surface area contributed by atoms with Crippen molar-refractivity contribution in [2.45, 2.75) is 70.5 Å². The molecular weight excluding hydrogens is 236 g/mol. The van der Waals surface area contributed by atoms with Crippen molar-refractivity contribution in [3.63, 3.8) is 0 Å². The van der Waals surface area contributed by atoms with Gasteiger partial charge in [0, 0.05) is 24.5 Å². The number of hydrogen-bond acceptors (Lipinski definition) is 2. The third-order valence-corrected chi connectivity index (χ3v) is 5.19. The zero-order valence-corrected chi connectivity index (χ0v) is 12.6. The normalized spacial score (nSPS) is 27.9. The second-order valence-electron chi connectivity index (χ2n) is 5.72. The van der Waals surface area contributed by atoms with Crippen LogP contribution in [0.3, 0.4) is 0 Å². The minimum atomic E-state index is -0.0921. The van der Waals surface area contributed by atoms with Crippen molar-refractivity contribution in [1.82, 2.24) is 0 Å². The summed E-state index contributed by atoms with van der Waals surface area (Å²) in [6.45, 7) is 9.38. The SMILES string of the molecule is CCC1(CC)C(Cl)CC1OCCC(C)(C)OC. The van der Waals surface area contributed by atoms with Gasteiger partial charge < -0.3 is 9.47 Å². The molecule has 0 radical (unpaired) electrons. The maximum atomic E-state index is 6.36. The fraction of sp³-hybridized carbons (Fsp3) is 1.00. The zero-order chi connectivity index (χ0) is 13.1. The summed E-state index contributed by atoms with van der Waals surface area (Å²) in [5, 5.41) is 0.290. The Morgan fingerprint density at radius 2 is 1.88 bits per heavy atom. The van der Waals surface area contributed by atoms with Crippen LogP contribution in [-0.2, 0) is 9.47 Å². The first-order chi connectivity index (χ1) is 7.91. The molecular formula is C14H27ClO2. The molecule has 2 unspecified atom stereocenters. The largest absolute Gasteiger partial charge is 0.379 e. The molecule has 2 atom stereocenters. The van der Waals surface area contributed by atoms with E-state index in [2.05, 4.69) is 27.7 Å². The molecule has 0 aromatic heterocycles. The van der Waals surface area contributed by atoms with Gasteiger partial charge in [-0.25, -0.2) is 0 Å². The number of halogens is 1. The molecule has 2 nitrogen and oxygen atoms in total. The number of hydrogen-bond donors (Lipinski definition) is 0. The molecule has 0 bridgehead atoms. The Kier molecular flexibility index (Phi) is 5.30. The fourth-order valence-corrected chi connectivity index (χ4v) is 3.24. The van der Waals surface area contributed by atoms with Crippen molar-refractivity contribution in [2.24, 2.45) is 5.41 Å². The molecule has 1 fully saturated rings. The van der Waals surface area contributed by atoms with Crippen molar-refractivity contribution in [2.75, 3.05) is 13.7 Å². The van der Waals surface area contributed by atoms with E-state index >= 15 is 0 Å². The van der Waals surface area contributed by atoms with Crippen LogP contribution in [0.4, 0.5) is 0 Å². The minimum Gasteiger partial charge on any atom is -0.379 e. The molecule has 0 saturated heterocycles. The van der Waals surface area contributed by atoms with Crippen LogP contribution in [-0.4, -0.2) is 30.8 Å². The van der Waals surface area contributed by atoms with Gasteiger partial charge in [0.25, 0.3) is 0 Å². The van der Waals surface area contributed by atoms with Crippen molar-refractivity contribution in [1.29, 1.82) is 0 Å². The van der Waals surface area contributed by atoms with Crippen LogP contribution in [0.1, 0.15) is 53.4 Å². The van der Waals surface area contributed by atoms with E-state index in [4.69, 9.17) is 21.1 Å². The lowest BCUT2D eigenvalue weighted by Crippen LogP contribution is -2.55. The van der Waals surface area contributed by atoms with E-state index in [0.717, 1.165) is 32.3 Å². The average molecular weight is 263 g/mol. The minimum absolute atomic E-state index is 0.0921. The van der Waals surface area contributed by atoms with Crippen LogP contribution in [0.25, 0.3) is 0 Å². The Hall–Kier alpha value is 0.210. The van der Waals surface area contributed by atoms with Crippen LogP contribution < -0.4 is 0 Å². The summed E-state index contributed by atoms with van der Waals surface area (Å²) in [5.74, 6) is 0. The Bertz CT molecular complexity index is 236. The van der Waals surface area contributed by atoms with E-state index < -0.39 is 0 Å². The molecule has 0 aromatic rings. The number of ether oxygens (including phenoxy) is 2. The summed E-state index contributed by atoms with van der Waals surface area (Å²) in [5.41, 5.74) is 0.115. The molecule has 0 N–H and O–H groups in total. The van der Waals surface area contributed by atoms with Gasteiger partial charge in [0.1, 0.15) is 0 Å². The summed E-state index contributed by atoms with van der Waals surface area (Å²) in [6.07, 6.45) is 4.48. The average Bonchev–Trinajstić information content (AvgIpc) is 2.29. The van der Waals surface area contributed by atoms with Crippen molar-refractivity contribution in [3.05, 3.63) is 0 Å². The van der Waals surface area contributed by atoms with Crippen LogP contribution >= 0.6 is 11.6 Å². The molecule has 102 valence electrons. The second-order valence-corrected chi connectivity index (χ2v) is 6.24. The van der Waals surface area contributed by atoms with E-state index in [0.29, 0.717) is 6.10 Å². The fourth-order valence-electron chi connectivity index (χ4n) is 2.63. The second kappa shape index (κ2) is 5.90. The van der Waals surface area contributed by atoms with E-state index in [1.165, 1.54) is 0 Å². The van der Waals surface area contributed by atoms with Crippen molar-refractivity contribution >= 4 is 11.6 Å². The highest BCUT2D eigenvalue weighted by Gasteiger charge is 2.52. The Balaban J connectivity index is 2.38. The molecule has 1 saturated carbocycles. The maximum Gasteiger partial charge on any atom is 0.0659 e. The monoisotopic (exact) mass is 262 g/mol. The lowest BCUT2D eigenvalue weighted by atomic mass is 9.62. The van der Waals surface area contributed by atoms with Crippen LogP contribution in [0.2, 0.25) is 0 Å². The highest BCUT2D eigenvalue weighted by Crippen LogP contribution is 2.51. The van der Waals surface area contributed by atoms with Gasteiger partial charge in [0.2, 0.25) is 0 Å². The molecule has 0 spiro atoms. The lowest BCUT2D eigenvalue weighted by molar-refractivity contribution is -0.123. The molecule has 1 aliphatic rings. The topological polar surface area (TPSA) is 18.5 Å². The molecule has 3 heteroatoms. The Labute approximate surface area is 111 Å². The van der Waals surface area contributed by atoms with Gasteiger partial charge in [-0.2, -0.15) is 0 Å². The zero-order valence-electron chi connectivity index (χ0n) is 11.9. The van der Waals surface area contributed by atoms with Gasteiger partial charge in [-0.15, -0.1) is 11.6 Å². The summed E-state index contributed by atoms with van der Waals surface area (Å²) in [4.78, 5) is 0. The first-order valence-corrected chi connectivity index (χ1v) is 7.16. The summed E-state index contributed by atoms with van der Waals surface area (Å²) < 4.78 is 11.4. The van der Waals surface area contributed by atoms with Crippen LogP contribution in [0.5, 0.6) is 0 Å². The summed E-state index contributed by atoms with van der Waals surface area (Å²) in [7, 11) is 1.75. The Morgan fingerprint density at radius 3 is 2.29 bits per heavy atom. The predicted octanol–water partition coefficient (Wildman–Crippen LogP) is 4.00. The molecule has 0 aromatic carbocycles. The first kappa shape index (κ1) is 15.3. The van der Waals surface area contributed by atoms with Gasteiger partial charge in [0.15, 0.2) is 0 Å². The van der Waals surface area contributed by atoms with Gasteiger partial charge >= 0.3 is 0 Å². The standard InChI is InChI=1S/C14H27ClO2/c1-6-14(7-2)11(15)10-12(14)17-9-8-13(3,4)16-5/h11-12H,6-10H2,1-5H3. The smallest absolute Gasteiger partial charge is 0.0659 e. The molecule has 17 heavy (non-hydrogen) atoms. The van der Waals surface area contributed by atoms with E-state index in [1.54, 1.807) is 7.11 Å². The Morgan fingerprint density at radius 1 is 1.29 bits per heavy atom. The highest BCUT2D eigenvalue weighted by atomic mass is 35.5. The first-order valence-electron chi connectivity index (χ1n) is 6.72. The predicted molar refractivity (Wildman–Crippen MR) is 72.7 cm³/mol. The number of methoxy groups -OCH3 is 1. The van der Waals surface area contributed by atoms with Crippen molar-refractivity contribution in [3.8, 4) is 0 Å². The summed E-state index contributed by atoms with van der Waals surface area (Å²) >= 11 is 6.36. The van der Waals surface area contributed by atoms with Gasteiger partial charge in [-0.05, 0) is 39.5 Å². The third-order valence-electron chi connectivity index (χ3n) is 4.58. The van der Waals surface area contributed by atoms with Crippen molar-refractivity contribution < 1.29 is 9.47 Å². The molecule has 0 heterocycles. The van der Waals surface area contributed by atoms with E-state index in [-0.39, 0.29) is 16.4 Å². The van der Waals surface area contributed by atoms with Crippen LogP contribution in [0.15, 0.2) is 0 Å². The summed E-state index contributed by atoms with van der Waals surface area (Å²) in [6, 6.07) is 0.